The van der Waals surface area contributed by atoms with Gasteiger partial charge in [0, 0.05) is 11.9 Å². The van der Waals surface area contributed by atoms with Crippen molar-refractivity contribution >= 4 is 11.6 Å². The van der Waals surface area contributed by atoms with E-state index in [0.717, 1.165) is 29.7 Å². The summed E-state index contributed by atoms with van der Waals surface area (Å²) in [5.41, 5.74) is 3.51. The molecule has 0 aliphatic heterocycles. The van der Waals surface area contributed by atoms with Crippen molar-refractivity contribution in [1.29, 1.82) is 0 Å². The van der Waals surface area contributed by atoms with Crippen molar-refractivity contribution in [2.24, 2.45) is 0 Å². The SMILES string of the molecule is CCc1cccc(CC)c1NC(=O)c1cccnn1. The van der Waals surface area contributed by atoms with Gasteiger partial charge in [-0.1, -0.05) is 32.0 Å². The molecular formula is C15H17N3O. The van der Waals surface area contributed by atoms with Crippen LogP contribution in [0.25, 0.3) is 0 Å². The zero-order valence-electron chi connectivity index (χ0n) is 11.2. The van der Waals surface area contributed by atoms with Crippen LogP contribution < -0.4 is 5.32 Å². The fourth-order valence-corrected chi connectivity index (χ4v) is 2.00. The minimum Gasteiger partial charge on any atom is -0.320 e. The van der Waals surface area contributed by atoms with Crippen LogP contribution in [0.3, 0.4) is 0 Å². The van der Waals surface area contributed by atoms with Crippen molar-refractivity contribution in [2.75, 3.05) is 5.32 Å². The fourth-order valence-electron chi connectivity index (χ4n) is 2.00. The molecule has 0 spiro atoms. The number of amides is 1. The van der Waals surface area contributed by atoms with Crippen LogP contribution in [0.5, 0.6) is 0 Å². The minimum absolute atomic E-state index is 0.219. The van der Waals surface area contributed by atoms with Crippen LogP contribution >= 0.6 is 0 Å². The third kappa shape index (κ3) is 2.96. The highest BCUT2D eigenvalue weighted by Gasteiger charge is 2.12. The maximum atomic E-state index is 12.1. The van der Waals surface area contributed by atoms with Gasteiger partial charge in [0.25, 0.3) is 5.91 Å². The zero-order valence-corrected chi connectivity index (χ0v) is 11.2. The molecule has 98 valence electrons. The Bertz CT molecular complexity index is 545. The highest BCUT2D eigenvalue weighted by atomic mass is 16.1. The number of hydrogen-bond donors (Lipinski definition) is 1. The summed E-state index contributed by atoms with van der Waals surface area (Å²) in [5, 5.41) is 10.5. The predicted octanol–water partition coefficient (Wildman–Crippen LogP) is 2.85. The average molecular weight is 255 g/mol. The van der Waals surface area contributed by atoms with E-state index in [1.165, 1.54) is 0 Å². The van der Waals surface area contributed by atoms with Crippen molar-refractivity contribution in [3.8, 4) is 0 Å². The lowest BCUT2D eigenvalue weighted by Crippen LogP contribution is -2.16. The fraction of sp³-hybridized carbons (Fsp3) is 0.267. The molecule has 1 aromatic heterocycles. The van der Waals surface area contributed by atoms with Crippen LogP contribution in [0, 0.1) is 0 Å². The lowest BCUT2D eigenvalue weighted by molar-refractivity contribution is 0.102. The van der Waals surface area contributed by atoms with E-state index < -0.39 is 0 Å². The number of nitrogens with zero attached hydrogens (tertiary/aromatic N) is 2. The van der Waals surface area contributed by atoms with Crippen LogP contribution in [0.4, 0.5) is 5.69 Å². The van der Waals surface area contributed by atoms with Crippen molar-refractivity contribution < 1.29 is 4.79 Å². The van der Waals surface area contributed by atoms with E-state index in [1.807, 2.05) is 18.2 Å². The van der Waals surface area contributed by atoms with Crippen molar-refractivity contribution in [3.05, 3.63) is 53.3 Å². The quantitative estimate of drug-likeness (QED) is 0.914. The van der Waals surface area contributed by atoms with Gasteiger partial charge in [0.1, 0.15) is 0 Å². The topological polar surface area (TPSA) is 54.9 Å². The van der Waals surface area contributed by atoms with Gasteiger partial charge in [-0.2, -0.15) is 5.10 Å². The largest absolute Gasteiger partial charge is 0.320 e. The summed E-state index contributed by atoms with van der Waals surface area (Å²) in [4.78, 5) is 12.1. The molecule has 0 fully saturated rings. The molecule has 0 unspecified atom stereocenters. The van der Waals surface area contributed by atoms with Gasteiger partial charge in [-0.3, -0.25) is 4.79 Å². The number of rotatable bonds is 4. The maximum Gasteiger partial charge on any atom is 0.276 e. The first-order chi connectivity index (χ1) is 9.26. The van der Waals surface area contributed by atoms with Gasteiger partial charge in [0.05, 0.1) is 0 Å². The van der Waals surface area contributed by atoms with E-state index in [4.69, 9.17) is 0 Å². The monoisotopic (exact) mass is 255 g/mol. The summed E-state index contributed by atoms with van der Waals surface area (Å²) in [6.45, 7) is 4.15. The number of carbonyl (C=O) groups excluding carboxylic acids is 1. The Hall–Kier alpha value is -2.23. The molecule has 1 N–H and O–H groups in total. The zero-order chi connectivity index (χ0) is 13.7. The summed E-state index contributed by atoms with van der Waals surface area (Å²) >= 11 is 0. The van der Waals surface area contributed by atoms with Crippen LogP contribution in [0.1, 0.15) is 35.5 Å². The Kier molecular flexibility index (Phi) is 4.23. The molecule has 0 atom stereocenters. The second-order valence-corrected chi connectivity index (χ2v) is 4.22. The van der Waals surface area contributed by atoms with Crippen LogP contribution in [-0.4, -0.2) is 16.1 Å². The summed E-state index contributed by atoms with van der Waals surface area (Å²) in [6.07, 6.45) is 3.31. The summed E-state index contributed by atoms with van der Waals surface area (Å²) in [7, 11) is 0. The van der Waals surface area contributed by atoms with Crippen LogP contribution in [-0.2, 0) is 12.8 Å². The second kappa shape index (κ2) is 6.09. The molecule has 4 heteroatoms. The van der Waals surface area contributed by atoms with Gasteiger partial charge < -0.3 is 5.32 Å². The van der Waals surface area contributed by atoms with Gasteiger partial charge in [-0.25, -0.2) is 0 Å². The average Bonchev–Trinajstić information content (AvgIpc) is 2.48. The highest BCUT2D eigenvalue weighted by molar-refractivity contribution is 6.03. The smallest absolute Gasteiger partial charge is 0.276 e. The normalized spacial score (nSPS) is 10.2. The lowest BCUT2D eigenvalue weighted by atomic mass is 10.0. The number of nitrogens with one attached hydrogen (secondary N) is 1. The maximum absolute atomic E-state index is 12.1. The molecule has 0 aliphatic rings. The van der Waals surface area contributed by atoms with E-state index in [9.17, 15) is 4.79 Å². The summed E-state index contributed by atoms with van der Waals surface area (Å²) < 4.78 is 0. The Balaban J connectivity index is 2.30. The number of aryl methyl sites for hydroxylation is 2. The standard InChI is InChI=1S/C15H17N3O/c1-3-11-7-5-8-12(4-2)14(11)17-15(19)13-9-6-10-16-18-13/h5-10H,3-4H2,1-2H3,(H,17,19). The highest BCUT2D eigenvalue weighted by Crippen LogP contribution is 2.23. The van der Waals surface area contributed by atoms with E-state index in [0.29, 0.717) is 5.69 Å². The Morgan fingerprint density at radius 1 is 1.11 bits per heavy atom. The third-order valence-corrected chi connectivity index (χ3v) is 3.04. The molecule has 1 aromatic carbocycles. The second-order valence-electron chi connectivity index (χ2n) is 4.22. The number of carbonyl (C=O) groups is 1. The van der Waals surface area contributed by atoms with E-state index in [-0.39, 0.29) is 5.91 Å². The minimum atomic E-state index is -0.219. The predicted molar refractivity (Wildman–Crippen MR) is 75.2 cm³/mol. The third-order valence-electron chi connectivity index (χ3n) is 3.04. The number of para-hydroxylation sites is 1. The number of aromatic nitrogens is 2. The molecule has 4 nitrogen and oxygen atoms in total. The number of benzene rings is 1. The number of hydrogen-bond acceptors (Lipinski definition) is 3. The Morgan fingerprint density at radius 3 is 2.32 bits per heavy atom. The molecule has 2 aromatic rings. The summed E-state index contributed by atoms with van der Waals surface area (Å²) in [6, 6.07) is 9.45. The van der Waals surface area contributed by atoms with Gasteiger partial charge in [-0.15, -0.1) is 5.10 Å². The molecule has 0 saturated heterocycles. The molecule has 0 bridgehead atoms. The lowest BCUT2D eigenvalue weighted by Gasteiger charge is -2.13. The first kappa shape index (κ1) is 13.2. The first-order valence-corrected chi connectivity index (χ1v) is 6.46. The van der Waals surface area contributed by atoms with Crippen molar-refractivity contribution in [2.45, 2.75) is 26.7 Å². The van der Waals surface area contributed by atoms with E-state index >= 15 is 0 Å². The molecule has 19 heavy (non-hydrogen) atoms. The molecule has 0 saturated carbocycles. The molecule has 0 aliphatic carbocycles. The number of anilines is 1. The Morgan fingerprint density at radius 2 is 1.79 bits per heavy atom. The Labute approximate surface area is 112 Å². The van der Waals surface area contributed by atoms with Crippen molar-refractivity contribution in [3.63, 3.8) is 0 Å². The van der Waals surface area contributed by atoms with Gasteiger partial charge >= 0.3 is 0 Å². The van der Waals surface area contributed by atoms with Gasteiger partial charge in [0.2, 0.25) is 0 Å². The van der Waals surface area contributed by atoms with Crippen molar-refractivity contribution in [1.82, 2.24) is 10.2 Å². The molecular weight excluding hydrogens is 238 g/mol. The molecule has 2 rings (SSSR count). The van der Waals surface area contributed by atoms with Crippen LogP contribution in [0.2, 0.25) is 0 Å². The molecule has 1 heterocycles. The molecule has 0 radical (unpaired) electrons. The molecule has 1 amide bonds. The van der Waals surface area contributed by atoms with Gasteiger partial charge in [-0.05, 0) is 36.1 Å². The van der Waals surface area contributed by atoms with E-state index in [1.54, 1.807) is 18.3 Å². The van der Waals surface area contributed by atoms with E-state index in [2.05, 4.69) is 29.4 Å². The van der Waals surface area contributed by atoms with Crippen LogP contribution in [0.15, 0.2) is 36.5 Å². The summed E-state index contributed by atoms with van der Waals surface area (Å²) in [5.74, 6) is -0.219. The van der Waals surface area contributed by atoms with Gasteiger partial charge in [0.15, 0.2) is 5.69 Å². The first-order valence-electron chi connectivity index (χ1n) is 6.46.